The van der Waals surface area contributed by atoms with E-state index in [4.69, 9.17) is 21.1 Å². The number of Topliss-reactive ketones (excluding diaryl/α,β-unsaturated/α-hetero) is 1. The summed E-state index contributed by atoms with van der Waals surface area (Å²) in [5.74, 6) is -1.42. The average Bonchev–Trinajstić information content (AvgIpc) is 2.79. The van der Waals surface area contributed by atoms with Crippen LogP contribution in [0.2, 0.25) is 5.02 Å². The van der Waals surface area contributed by atoms with Gasteiger partial charge in [-0.15, -0.1) is 0 Å². The number of hydrogen-bond donors (Lipinski definition) is 0. The molecule has 3 aromatic carbocycles. The lowest BCUT2D eigenvalue weighted by atomic mass is 10.1. The number of benzene rings is 3. The van der Waals surface area contributed by atoms with Crippen molar-refractivity contribution >= 4 is 46.8 Å². The topological polar surface area (TPSA) is 113 Å². The summed E-state index contributed by atoms with van der Waals surface area (Å²) in [6, 6.07) is 16.5. The third-order valence-corrected chi connectivity index (χ3v) is 5.87. The smallest absolute Gasteiger partial charge is 0.339 e. The molecule has 0 spiro atoms. The first-order chi connectivity index (χ1) is 15.8. The fourth-order valence-electron chi connectivity index (χ4n) is 2.74. The summed E-state index contributed by atoms with van der Waals surface area (Å²) >= 11 is 7.11. The number of rotatable bonds is 8. The number of nitro groups is 1. The van der Waals surface area contributed by atoms with Crippen LogP contribution in [0, 0.1) is 10.1 Å². The lowest BCUT2D eigenvalue weighted by molar-refractivity contribution is -0.387. The maximum Gasteiger partial charge on any atom is 0.339 e. The van der Waals surface area contributed by atoms with E-state index < -0.39 is 29.3 Å². The molecule has 10 heteroatoms. The van der Waals surface area contributed by atoms with Crippen LogP contribution in [0.25, 0.3) is 0 Å². The molecule has 0 fully saturated rings. The fourth-order valence-corrected chi connectivity index (χ4v) is 4.07. The largest absolute Gasteiger partial charge is 0.454 e. The minimum Gasteiger partial charge on any atom is -0.454 e. The van der Waals surface area contributed by atoms with E-state index in [0.717, 1.165) is 11.8 Å². The number of esters is 2. The molecule has 0 saturated carbocycles. The summed E-state index contributed by atoms with van der Waals surface area (Å²) in [5, 5.41) is 11.5. The van der Waals surface area contributed by atoms with Crippen molar-refractivity contribution in [1.29, 1.82) is 0 Å². The monoisotopic (exact) mass is 485 g/mol. The zero-order valence-corrected chi connectivity index (χ0v) is 18.7. The third-order valence-electron chi connectivity index (χ3n) is 4.23. The first-order valence-corrected chi connectivity index (χ1v) is 10.6. The molecule has 0 aliphatic heterocycles. The minimum atomic E-state index is -0.766. The predicted molar refractivity (Wildman–Crippen MR) is 121 cm³/mol. The van der Waals surface area contributed by atoms with E-state index in [1.54, 1.807) is 18.2 Å². The molecule has 3 rings (SSSR count). The van der Waals surface area contributed by atoms with E-state index in [-0.39, 0.29) is 32.5 Å². The second kappa shape index (κ2) is 10.8. The van der Waals surface area contributed by atoms with Gasteiger partial charge in [0.05, 0.1) is 15.5 Å². The fraction of sp³-hybridized carbons (Fsp3) is 0.0870. The van der Waals surface area contributed by atoms with Crippen LogP contribution in [-0.4, -0.2) is 29.3 Å². The Kier molecular flexibility index (Phi) is 7.81. The molecule has 0 radical (unpaired) electrons. The van der Waals surface area contributed by atoms with Crippen molar-refractivity contribution in [2.75, 3.05) is 6.61 Å². The number of nitro benzene ring substituents is 1. The van der Waals surface area contributed by atoms with Crippen LogP contribution in [0.1, 0.15) is 27.6 Å². The van der Waals surface area contributed by atoms with Crippen LogP contribution in [0.4, 0.5) is 5.69 Å². The SMILES string of the molecule is CC(=O)Oc1ccc(C(=O)COC(=O)c2ccccc2Sc2c(Cl)cccc2[N+](=O)[O-])cc1. The van der Waals surface area contributed by atoms with Crippen LogP contribution in [0.3, 0.4) is 0 Å². The van der Waals surface area contributed by atoms with E-state index in [1.807, 2.05) is 0 Å². The zero-order valence-electron chi connectivity index (χ0n) is 17.1. The van der Waals surface area contributed by atoms with Gasteiger partial charge in [0.15, 0.2) is 12.4 Å². The summed E-state index contributed by atoms with van der Waals surface area (Å²) < 4.78 is 10.1. The summed E-state index contributed by atoms with van der Waals surface area (Å²) in [6.45, 7) is 0.746. The van der Waals surface area contributed by atoms with E-state index in [0.29, 0.717) is 4.90 Å². The molecular formula is C23H16ClNO7S. The molecule has 0 aliphatic rings. The van der Waals surface area contributed by atoms with Crippen LogP contribution >= 0.6 is 23.4 Å². The van der Waals surface area contributed by atoms with Crippen LogP contribution < -0.4 is 4.74 Å². The highest BCUT2D eigenvalue weighted by Gasteiger charge is 2.22. The van der Waals surface area contributed by atoms with E-state index >= 15 is 0 Å². The first-order valence-electron chi connectivity index (χ1n) is 9.45. The Hall–Kier alpha value is -3.69. The van der Waals surface area contributed by atoms with Gasteiger partial charge in [-0.3, -0.25) is 19.7 Å². The van der Waals surface area contributed by atoms with E-state index in [2.05, 4.69) is 0 Å². The lowest BCUT2D eigenvalue weighted by Crippen LogP contribution is -2.15. The van der Waals surface area contributed by atoms with Gasteiger partial charge in [0, 0.05) is 23.4 Å². The summed E-state index contributed by atoms with van der Waals surface area (Å²) in [6.07, 6.45) is 0. The molecule has 0 heterocycles. The number of halogens is 1. The van der Waals surface area contributed by atoms with Crippen molar-refractivity contribution in [1.82, 2.24) is 0 Å². The highest BCUT2D eigenvalue weighted by molar-refractivity contribution is 7.99. The van der Waals surface area contributed by atoms with Crippen molar-refractivity contribution in [2.45, 2.75) is 16.7 Å². The molecule has 0 saturated heterocycles. The van der Waals surface area contributed by atoms with Crippen LogP contribution in [0.15, 0.2) is 76.5 Å². The van der Waals surface area contributed by atoms with Gasteiger partial charge < -0.3 is 9.47 Å². The van der Waals surface area contributed by atoms with Crippen LogP contribution in [-0.2, 0) is 9.53 Å². The van der Waals surface area contributed by atoms with Crippen molar-refractivity contribution in [2.24, 2.45) is 0 Å². The molecule has 0 N–H and O–H groups in total. The Morgan fingerprint density at radius 1 is 1.00 bits per heavy atom. The summed E-state index contributed by atoms with van der Waals surface area (Å²) in [4.78, 5) is 47.4. The molecule has 3 aromatic rings. The molecule has 0 aliphatic carbocycles. The molecule has 0 unspecified atom stereocenters. The van der Waals surface area contributed by atoms with E-state index in [1.165, 1.54) is 55.5 Å². The molecule has 0 bridgehead atoms. The second-order valence-corrected chi connectivity index (χ2v) is 8.02. The van der Waals surface area contributed by atoms with Crippen molar-refractivity contribution in [3.8, 4) is 5.75 Å². The highest BCUT2D eigenvalue weighted by Crippen LogP contribution is 2.41. The predicted octanol–water partition coefficient (Wildman–Crippen LogP) is 5.36. The molecular weight excluding hydrogens is 470 g/mol. The molecule has 0 atom stereocenters. The van der Waals surface area contributed by atoms with E-state index in [9.17, 15) is 24.5 Å². The molecule has 168 valence electrons. The standard InChI is InChI=1S/C23H16ClNO7S/c1-14(26)32-16-11-9-15(10-12-16)20(27)13-31-23(28)17-5-2-3-8-21(17)33-22-18(24)6-4-7-19(22)25(29)30/h2-12H,13H2,1H3. The van der Waals surface area contributed by atoms with Gasteiger partial charge in [-0.25, -0.2) is 4.79 Å². The number of ether oxygens (including phenoxy) is 2. The Bertz CT molecular complexity index is 1230. The maximum absolute atomic E-state index is 12.7. The Morgan fingerprint density at radius 3 is 2.36 bits per heavy atom. The van der Waals surface area contributed by atoms with Crippen molar-refractivity contribution < 1.29 is 28.8 Å². The quantitative estimate of drug-likeness (QED) is 0.138. The third kappa shape index (κ3) is 6.18. The Labute approximate surface area is 197 Å². The molecule has 8 nitrogen and oxygen atoms in total. The number of carbonyl (C=O) groups is 3. The Balaban J connectivity index is 1.73. The number of carbonyl (C=O) groups excluding carboxylic acids is 3. The highest BCUT2D eigenvalue weighted by atomic mass is 35.5. The van der Waals surface area contributed by atoms with Gasteiger partial charge >= 0.3 is 11.9 Å². The van der Waals surface area contributed by atoms with Crippen molar-refractivity contribution in [3.63, 3.8) is 0 Å². The molecule has 0 amide bonds. The second-order valence-electron chi connectivity index (χ2n) is 6.56. The van der Waals surface area contributed by atoms with Gasteiger partial charge in [0.25, 0.3) is 5.69 Å². The van der Waals surface area contributed by atoms with Crippen molar-refractivity contribution in [3.05, 3.63) is 93.0 Å². The summed E-state index contributed by atoms with van der Waals surface area (Å²) in [7, 11) is 0. The molecule has 33 heavy (non-hydrogen) atoms. The maximum atomic E-state index is 12.7. The Morgan fingerprint density at radius 2 is 1.70 bits per heavy atom. The minimum absolute atomic E-state index is 0.134. The number of hydrogen-bond acceptors (Lipinski definition) is 8. The van der Waals surface area contributed by atoms with Gasteiger partial charge in [0.1, 0.15) is 10.6 Å². The average molecular weight is 486 g/mol. The van der Waals surface area contributed by atoms with Crippen LogP contribution in [0.5, 0.6) is 5.75 Å². The van der Waals surface area contributed by atoms with Gasteiger partial charge in [-0.05, 0) is 42.5 Å². The first kappa shape index (κ1) is 24.0. The lowest BCUT2D eigenvalue weighted by Gasteiger charge is -2.10. The van der Waals surface area contributed by atoms with Gasteiger partial charge in [-0.2, -0.15) is 0 Å². The van der Waals surface area contributed by atoms with Gasteiger partial charge in [-0.1, -0.05) is 41.6 Å². The number of ketones is 1. The molecule has 0 aromatic heterocycles. The summed E-state index contributed by atoms with van der Waals surface area (Å²) in [5.41, 5.74) is 0.214. The van der Waals surface area contributed by atoms with Gasteiger partial charge in [0.2, 0.25) is 0 Å². The number of nitrogens with zero attached hydrogens (tertiary/aromatic N) is 1. The zero-order chi connectivity index (χ0) is 24.0. The normalized spacial score (nSPS) is 10.4.